The molecule has 2 unspecified atom stereocenters. The summed E-state index contributed by atoms with van der Waals surface area (Å²) >= 11 is 5.86. The van der Waals surface area contributed by atoms with E-state index in [-0.39, 0.29) is 6.10 Å². The van der Waals surface area contributed by atoms with E-state index in [1.54, 1.807) is 0 Å². The highest BCUT2D eigenvalue weighted by atomic mass is 35.5. The fourth-order valence-corrected chi connectivity index (χ4v) is 2.52. The average molecular weight is 248 g/mol. The maximum atomic E-state index is 5.86. The average Bonchev–Trinajstić information content (AvgIpc) is 2.28. The van der Waals surface area contributed by atoms with Crippen LogP contribution in [0.1, 0.15) is 46.0 Å². The van der Waals surface area contributed by atoms with Gasteiger partial charge in [0.25, 0.3) is 0 Å². The summed E-state index contributed by atoms with van der Waals surface area (Å²) in [5.41, 5.74) is 0. The quantitative estimate of drug-likeness (QED) is 0.506. The minimum Gasteiger partial charge on any atom is -0.371 e. The molecule has 0 saturated carbocycles. The topological polar surface area (TPSA) is 12.5 Å². The Morgan fingerprint density at radius 3 is 2.62 bits per heavy atom. The number of hydrogen-bond donors (Lipinski definition) is 0. The van der Waals surface area contributed by atoms with E-state index in [1.807, 2.05) is 0 Å². The summed E-state index contributed by atoms with van der Waals surface area (Å²) in [5.74, 6) is 0.622. The Hall–Kier alpha value is 0.210. The molecule has 3 heteroatoms. The third kappa shape index (κ3) is 5.51. The van der Waals surface area contributed by atoms with Crippen LogP contribution in [0.3, 0.4) is 0 Å². The van der Waals surface area contributed by atoms with E-state index in [0.29, 0.717) is 12.0 Å². The number of morpholine rings is 1. The molecule has 1 heterocycles. The molecule has 1 aliphatic rings. The second-order valence-corrected chi connectivity index (χ2v) is 5.21. The zero-order valence-corrected chi connectivity index (χ0v) is 11.5. The lowest BCUT2D eigenvalue weighted by Gasteiger charge is -2.36. The van der Waals surface area contributed by atoms with Gasteiger partial charge in [0.1, 0.15) is 0 Å². The zero-order chi connectivity index (χ0) is 11.8. The van der Waals surface area contributed by atoms with Gasteiger partial charge in [-0.3, -0.25) is 4.90 Å². The number of nitrogens with zero attached hydrogens (tertiary/aromatic N) is 1. The molecule has 1 saturated heterocycles. The first-order valence-electron chi connectivity index (χ1n) is 6.70. The van der Waals surface area contributed by atoms with Gasteiger partial charge in [0.15, 0.2) is 0 Å². The summed E-state index contributed by atoms with van der Waals surface area (Å²) < 4.78 is 5.74. The fourth-order valence-electron chi connectivity index (χ4n) is 2.35. The van der Waals surface area contributed by atoms with Crippen LogP contribution in [0.2, 0.25) is 0 Å². The van der Waals surface area contributed by atoms with Gasteiger partial charge in [-0.2, -0.15) is 0 Å². The van der Waals surface area contributed by atoms with Crippen LogP contribution < -0.4 is 0 Å². The van der Waals surface area contributed by atoms with Gasteiger partial charge in [-0.25, -0.2) is 0 Å². The molecule has 0 aromatic heterocycles. The van der Waals surface area contributed by atoms with E-state index in [2.05, 4.69) is 18.7 Å². The van der Waals surface area contributed by atoms with Crippen LogP contribution in [-0.2, 0) is 4.74 Å². The van der Waals surface area contributed by atoms with Crippen LogP contribution in [0.25, 0.3) is 0 Å². The van der Waals surface area contributed by atoms with Crippen molar-refractivity contribution >= 4 is 11.6 Å². The first kappa shape index (κ1) is 14.3. The molecule has 0 spiro atoms. The van der Waals surface area contributed by atoms with Crippen molar-refractivity contribution in [1.29, 1.82) is 0 Å². The Balaban J connectivity index is 2.10. The molecule has 16 heavy (non-hydrogen) atoms. The lowest BCUT2D eigenvalue weighted by molar-refractivity contribution is -0.0665. The monoisotopic (exact) mass is 247 g/mol. The van der Waals surface area contributed by atoms with Crippen LogP contribution in [0.15, 0.2) is 0 Å². The number of halogens is 1. The van der Waals surface area contributed by atoms with E-state index < -0.39 is 0 Å². The predicted molar refractivity (Wildman–Crippen MR) is 70.3 cm³/mol. The fraction of sp³-hybridized carbons (Fsp3) is 1.00. The first-order chi connectivity index (χ1) is 7.76. The van der Waals surface area contributed by atoms with Gasteiger partial charge in [0, 0.05) is 19.0 Å². The SMILES string of the molecule is CCCCCCCN1CC(C)OC(CCl)C1. The highest BCUT2D eigenvalue weighted by Crippen LogP contribution is 2.13. The predicted octanol–water partition coefficient (Wildman–Crippen LogP) is 3.28. The van der Waals surface area contributed by atoms with Gasteiger partial charge >= 0.3 is 0 Å². The van der Waals surface area contributed by atoms with E-state index in [1.165, 1.54) is 38.6 Å². The lowest BCUT2D eigenvalue weighted by atomic mass is 10.1. The number of alkyl halides is 1. The van der Waals surface area contributed by atoms with Crippen molar-refractivity contribution in [2.75, 3.05) is 25.5 Å². The van der Waals surface area contributed by atoms with Crippen LogP contribution in [-0.4, -0.2) is 42.6 Å². The van der Waals surface area contributed by atoms with Gasteiger partial charge in [0.05, 0.1) is 12.2 Å². The second kappa shape index (κ2) is 8.32. The van der Waals surface area contributed by atoms with Crippen molar-refractivity contribution in [2.24, 2.45) is 0 Å². The Labute approximate surface area is 105 Å². The molecular formula is C13H26ClNO. The second-order valence-electron chi connectivity index (χ2n) is 4.90. The summed E-state index contributed by atoms with van der Waals surface area (Å²) in [6.07, 6.45) is 7.35. The van der Waals surface area contributed by atoms with Crippen molar-refractivity contribution in [2.45, 2.75) is 58.2 Å². The maximum absolute atomic E-state index is 5.86. The number of unbranched alkanes of at least 4 members (excludes halogenated alkanes) is 4. The molecule has 1 fully saturated rings. The molecule has 0 amide bonds. The molecular weight excluding hydrogens is 222 g/mol. The first-order valence-corrected chi connectivity index (χ1v) is 7.23. The number of hydrogen-bond acceptors (Lipinski definition) is 2. The largest absolute Gasteiger partial charge is 0.371 e. The summed E-state index contributed by atoms with van der Waals surface area (Å²) in [6, 6.07) is 0. The normalized spacial score (nSPS) is 27.2. The molecule has 2 nitrogen and oxygen atoms in total. The van der Waals surface area contributed by atoms with E-state index in [4.69, 9.17) is 16.3 Å². The van der Waals surface area contributed by atoms with Crippen LogP contribution in [0.4, 0.5) is 0 Å². The third-order valence-electron chi connectivity index (χ3n) is 3.15. The van der Waals surface area contributed by atoms with E-state index >= 15 is 0 Å². The minimum absolute atomic E-state index is 0.237. The summed E-state index contributed by atoms with van der Waals surface area (Å²) in [6.45, 7) is 7.70. The zero-order valence-electron chi connectivity index (χ0n) is 10.8. The van der Waals surface area contributed by atoms with Gasteiger partial charge in [0.2, 0.25) is 0 Å². The van der Waals surface area contributed by atoms with Gasteiger partial charge in [-0.1, -0.05) is 32.6 Å². The van der Waals surface area contributed by atoms with Gasteiger partial charge in [-0.15, -0.1) is 11.6 Å². The van der Waals surface area contributed by atoms with Crippen LogP contribution >= 0.6 is 11.6 Å². The number of rotatable bonds is 7. The molecule has 2 atom stereocenters. The summed E-state index contributed by atoms with van der Waals surface area (Å²) in [5, 5.41) is 0. The van der Waals surface area contributed by atoms with Crippen molar-refractivity contribution in [3.63, 3.8) is 0 Å². The molecule has 1 aliphatic heterocycles. The molecule has 1 rings (SSSR count). The Kier molecular flexibility index (Phi) is 7.42. The molecule has 0 aliphatic carbocycles. The van der Waals surface area contributed by atoms with Crippen molar-refractivity contribution in [3.05, 3.63) is 0 Å². The van der Waals surface area contributed by atoms with Crippen molar-refractivity contribution < 1.29 is 4.74 Å². The van der Waals surface area contributed by atoms with Gasteiger partial charge in [-0.05, 0) is 19.9 Å². The third-order valence-corrected chi connectivity index (χ3v) is 3.50. The highest BCUT2D eigenvalue weighted by Gasteiger charge is 2.23. The van der Waals surface area contributed by atoms with Gasteiger partial charge < -0.3 is 4.74 Å². The van der Waals surface area contributed by atoms with E-state index in [0.717, 1.165) is 13.1 Å². The highest BCUT2D eigenvalue weighted by molar-refractivity contribution is 6.18. The summed E-state index contributed by atoms with van der Waals surface area (Å²) in [7, 11) is 0. The summed E-state index contributed by atoms with van der Waals surface area (Å²) in [4.78, 5) is 2.51. The molecule has 0 N–H and O–H groups in total. The lowest BCUT2D eigenvalue weighted by Crippen LogP contribution is -2.47. The molecule has 0 bridgehead atoms. The van der Waals surface area contributed by atoms with Crippen LogP contribution in [0.5, 0.6) is 0 Å². The molecule has 0 radical (unpaired) electrons. The van der Waals surface area contributed by atoms with Crippen LogP contribution in [0, 0.1) is 0 Å². The van der Waals surface area contributed by atoms with Crippen molar-refractivity contribution in [1.82, 2.24) is 4.90 Å². The Bertz CT molecular complexity index is 177. The smallest absolute Gasteiger partial charge is 0.0841 e. The van der Waals surface area contributed by atoms with Crippen molar-refractivity contribution in [3.8, 4) is 0 Å². The minimum atomic E-state index is 0.237. The molecule has 0 aromatic rings. The Morgan fingerprint density at radius 2 is 1.94 bits per heavy atom. The Morgan fingerprint density at radius 1 is 1.19 bits per heavy atom. The molecule has 0 aromatic carbocycles. The standard InChI is InChI=1S/C13H26ClNO/c1-3-4-5-6-7-8-15-10-12(2)16-13(9-14)11-15/h12-13H,3-11H2,1-2H3. The maximum Gasteiger partial charge on any atom is 0.0841 e. The number of ether oxygens (including phenoxy) is 1. The van der Waals surface area contributed by atoms with E-state index in [9.17, 15) is 0 Å². The molecule has 96 valence electrons.